The molecule has 0 aliphatic heterocycles. The molecule has 1 aromatic heterocycles. The summed E-state index contributed by atoms with van der Waals surface area (Å²) in [6.07, 6.45) is -3.57. The summed E-state index contributed by atoms with van der Waals surface area (Å²) >= 11 is 0. The number of nitrogens with one attached hydrogen (secondary N) is 2. The highest BCUT2D eigenvalue weighted by Crippen LogP contribution is 2.49. The van der Waals surface area contributed by atoms with Crippen LogP contribution in [0.15, 0.2) is 54.7 Å². The Balaban J connectivity index is 1.62. The molecule has 1 aliphatic rings. The van der Waals surface area contributed by atoms with Crippen LogP contribution in [-0.2, 0) is 16.4 Å². The minimum Gasteiger partial charge on any atom is -0.410 e. The number of ether oxygens (including phenoxy) is 1. The lowest BCUT2D eigenvalue weighted by molar-refractivity contribution is -0.138. The molecule has 11 heteroatoms. The van der Waals surface area contributed by atoms with Crippen LogP contribution in [0.25, 0.3) is 0 Å². The monoisotopic (exact) mass is 509 g/mol. The summed E-state index contributed by atoms with van der Waals surface area (Å²) in [5.74, 6) is 4.92. The third-order valence-corrected chi connectivity index (χ3v) is 5.72. The lowest BCUT2D eigenvalue weighted by Gasteiger charge is -2.13. The molecule has 0 radical (unpaired) electrons. The number of hydrogen-bond donors (Lipinski definition) is 3. The summed E-state index contributed by atoms with van der Waals surface area (Å²) in [6.45, 7) is 2.16. The molecule has 2 amide bonds. The molecular weight excluding hydrogens is 487 g/mol. The lowest BCUT2D eigenvalue weighted by atomic mass is 9.91. The van der Waals surface area contributed by atoms with Gasteiger partial charge in [-0.15, -0.1) is 0 Å². The molecular formula is C26H22F3N5O3. The molecule has 8 nitrogen and oxygen atoms in total. The Morgan fingerprint density at radius 3 is 2.43 bits per heavy atom. The fourth-order valence-corrected chi connectivity index (χ4v) is 3.68. The smallest absolute Gasteiger partial charge is 0.410 e. The van der Waals surface area contributed by atoms with Gasteiger partial charge in [0.05, 0.1) is 5.41 Å². The van der Waals surface area contributed by atoms with Crippen molar-refractivity contribution in [2.24, 2.45) is 5.73 Å². The average Bonchev–Trinajstić information content (AvgIpc) is 3.66. The zero-order valence-electron chi connectivity index (χ0n) is 19.6. The Labute approximate surface area is 210 Å². The molecule has 0 atom stereocenters. The quantitative estimate of drug-likeness (QED) is 0.427. The molecule has 0 saturated heterocycles. The molecule has 1 saturated carbocycles. The number of alkyl halides is 3. The van der Waals surface area contributed by atoms with E-state index in [9.17, 15) is 22.8 Å². The number of benzene rings is 2. The van der Waals surface area contributed by atoms with Crippen molar-refractivity contribution in [1.82, 2.24) is 15.3 Å². The molecule has 2 aromatic carbocycles. The van der Waals surface area contributed by atoms with Crippen molar-refractivity contribution < 1.29 is 27.5 Å². The molecule has 4 rings (SSSR count). The van der Waals surface area contributed by atoms with Crippen LogP contribution in [0.2, 0.25) is 0 Å². The van der Waals surface area contributed by atoms with E-state index in [1.165, 1.54) is 12.1 Å². The van der Waals surface area contributed by atoms with Gasteiger partial charge in [-0.3, -0.25) is 4.79 Å². The van der Waals surface area contributed by atoms with Crippen molar-refractivity contribution in [3.63, 3.8) is 0 Å². The van der Waals surface area contributed by atoms with Crippen LogP contribution >= 0.6 is 0 Å². The Hall–Kier alpha value is -4.59. The van der Waals surface area contributed by atoms with E-state index in [-0.39, 0.29) is 11.7 Å². The molecule has 0 bridgehead atoms. The molecule has 1 aliphatic carbocycles. The number of nitrogens with two attached hydrogens (primary N) is 1. The summed E-state index contributed by atoms with van der Waals surface area (Å²) in [4.78, 5) is 31.3. The van der Waals surface area contributed by atoms with Gasteiger partial charge >= 0.3 is 12.3 Å². The molecule has 1 fully saturated rings. The second-order valence-electron chi connectivity index (χ2n) is 8.26. The number of amides is 2. The fourth-order valence-electron chi connectivity index (χ4n) is 3.68. The molecule has 37 heavy (non-hydrogen) atoms. The zero-order valence-corrected chi connectivity index (χ0v) is 19.6. The van der Waals surface area contributed by atoms with Crippen molar-refractivity contribution in [2.45, 2.75) is 31.4 Å². The maximum absolute atomic E-state index is 13.6. The number of carbonyl (C=O) groups is 2. The number of primary amides is 1. The fraction of sp³-hybridized carbons (Fsp3) is 0.231. The topological polar surface area (TPSA) is 119 Å². The normalized spacial score (nSPS) is 13.6. The third kappa shape index (κ3) is 5.81. The van der Waals surface area contributed by atoms with Crippen LogP contribution in [0, 0.1) is 11.8 Å². The number of carbonyl (C=O) groups excluding carboxylic acids is 2. The highest BCUT2D eigenvalue weighted by Gasteiger charge is 2.51. The average molecular weight is 509 g/mol. The number of rotatable bonds is 6. The molecule has 4 N–H and O–H groups in total. The van der Waals surface area contributed by atoms with Gasteiger partial charge < -0.3 is 21.1 Å². The van der Waals surface area contributed by atoms with Crippen molar-refractivity contribution >= 4 is 23.6 Å². The highest BCUT2D eigenvalue weighted by molar-refractivity contribution is 5.90. The largest absolute Gasteiger partial charge is 0.420 e. The zero-order chi connectivity index (χ0) is 26.6. The van der Waals surface area contributed by atoms with E-state index in [2.05, 4.69) is 32.4 Å². The first-order valence-corrected chi connectivity index (χ1v) is 11.3. The second-order valence-corrected chi connectivity index (χ2v) is 8.26. The van der Waals surface area contributed by atoms with E-state index in [1.54, 1.807) is 43.3 Å². The Morgan fingerprint density at radius 1 is 1.11 bits per heavy atom. The Kier molecular flexibility index (Phi) is 7.02. The maximum atomic E-state index is 13.6. The van der Waals surface area contributed by atoms with E-state index < -0.39 is 34.8 Å². The number of anilines is 2. The summed E-state index contributed by atoms with van der Waals surface area (Å²) in [5, 5.41) is 5.30. The van der Waals surface area contributed by atoms with Gasteiger partial charge in [0.25, 0.3) is 0 Å². The standard InChI is InChI=1S/C26H22F3N5O3/c1-2-31-24(36)37-18-10-8-17(9-11-18)33-23-32-15-20(26(27,28)29)21(34-23)12-7-16-5-3-4-6-19(16)25(13-14-25)22(30)35/h3-6,8-11,15H,2,13-14H2,1H3,(H2,30,35)(H,31,36)(H,32,33,34). The molecule has 1 heterocycles. The first-order valence-electron chi connectivity index (χ1n) is 11.3. The SMILES string of the molecule is CCNC(=O)Oc1ccc(Nc2ncc(C(F)(F)F)c(C#Cc3ccccc3C3(C(N)=O)CC3)n2)cc1. The molecule has 0 spiro atoms. The van der Waals surface area contributed by atoms with Crippen LogP contribution in [0.5, 0.6) is 5.75 Å². The predicted molar refractivity (Wildman–Crippen MR) is 129 cm³/mol. The van der Waals surface area contributed by atoms with E-state index >= 15 is 0 Å². The van der Waals surface area contributed by atoms with Crippen LogP contribution in [0.1, 0.15) is 42.1 Å². The predicted octanol–water partition coefficient (Wildman–Crippen LogP) is 4.26. The minimum absolute atomic E-state index is 0.112. The first-order chi connectivity index (χ1) is 17.6. The summed E-state index contributed by atoms with van der Waals surface area (Å²) in [7, 11) is 0. The van der Waals surface area contributed by atoms with Crippen LogP contribution in [0.4, 0.5) is 29.6 Å². The van der Waals surface area contributed by atoms with Crippen molar-refractivity contribution in [1.29, 1.82) is 0 Å². The van der Waals surface area contributed by atoms with Gasteiger partial charge in [0.1, 0.15) is 17.0 Å². The van der Waals surface area contributed by atoms with Gasteiger partial charge in [0.15, 0.2) is 0 Å². The Bertz CT molecular complexity index is 1390. The molecule has 3 aromatic rings. The van der Waals surface area contributed by atoms with Crippen LogP contribution in [0.3, 0.4) is 0 Å². The molecule has 190 valence electrons. The first kappa shape index (κ1) is 25.5. The summed E-state index contributed by atoms with van der Waals surface area (Å²) in [5.41, 5.74) is 4.55. The van der Waals surface area contributed by atoms with Gasteiger partial charge in [-0.1, -0.05) is 24.1 Å². The van der Waals surface area contributed by atoms with Crippen molar-refractivity contribution in [3.8, 4) is 17.6 Å². The van der Waals surface area contributed by atoms with Crippen LogP contribution in [-0.4, -0.2) is 28.5 Å². The van der Waals surface area contributed by atoms with E-state index in [4.69, 9.17) is 10.5 Å². The van der Waals surface area contributed by atoms with E-state index in [0.717, 1.165) is 0 Å². The third-order valence-electron chi connectivity index (χ3n) is 5.72. The highest BCUT2D eigenvalue weighted by atomic mass is 19.4. The van der Waals surface area contributed by atoms with Crippen LogP contribution < -0.4 is 21.1 Å². The van der Waals surface area contributed by atoms with Crippen molar-refractivity contribution in [3.05, 3.63) is 77.1 Å². The van der Waals surface area contributed by atoms with Gasteiger partial charge in [0, 0.05) is 24.0 Å². The van der Waals surface area contributed by atoms with Gasteiger partial charge in [-0.2, -0.15) is 13.2 Å². The number of nitrogens with zero attached hydrogens (tertiary/aromatic N) is 2. The summed E-state index contributed by atoms with van der Waals surface area (Å²) in [6, 6.07) is 12.9. The van der Waals surface area contributed by atoms with Gasteiger partial charge in [-0.05, 0) is 61.6 Å². The lowest BCUT2D eigenvalue weighted by Crippen LogP contribution is -2.29. The van der Waals surface area contributed by atoms with Gasteiger partial charge in [-0.25, -0.2) is 14.8 Å². The summed E-state index contributed by atoms with van der Waals surface area (Å²) < 4.78 is 46.0. The van der Waals surface area contributed by atoms with Gasteiger partial charge in [0.2, 0.25) is 11.9 Å². The number of hydrogen-bond acceptors (Lipinski definition) is 6. The second kappa shape index (κ2) is 10.2. The van der Waals surface area contributed by atoms with E-state index in [0.29, 0.717) is 42.4 Å². The van der Waals surface area contributed by atoms with E-state index in [1.807, 2.05) is 0 Å². The molecule has 0 unspecified atom stereocenters. The maximum Gasteiger partial charge on any atom is 0.420 e. The minimum atomic E-state index is -4.73. The van der Waals surface area contributed by atoms with Crippen molar-refractivity contribution in [2.75, 3.05) is 11.9 Å². The number of aromatic nitrogens is 2. The Morgan fingerprint density at radius 2 is 1.81 bits per heavy atom. The number of halogens is 3.